The minimum atomic E-state index is -0.486. The van der Waals surface area contributed by atoms with E-state index < -0.39 is 4.92 Å². The number of hydrogen-bond acceptors (Lipinski definition) is 4. The number of nitro benzene ring substituents is 1. The van der Waals surface area contributed by atoms with Gasteiger partial charge in [-0.2, -0.15) is 0 Å². The van der Waals surface area contributed by atoms with Gasteiger partial charge in [-0.25, -0.2) is 0 Å². The first kappa shape index (κ1) is 12.2. The summed E-state index contributed by atoms with van der Waals surface area (Å²) in [6.07, 6.45) is 0. The molecule has 6 heteroatoms. The second-order valence-corrected chi connectivity index (χ2v) is 3.94. The molecule has 0 saturated carbocycles. The van der Waals surface area contributed by atoms with E-state index in [0.717, 1.165) is 5.69 Å². The zero-order valence-corrected chi connectivity index (χ0v) is 10.0. The minimum absolute atomic E-state index is 0.0368. The Hall–Kier alpha value is -2.27. The minimum Gasteiger partial charge on any atom is -0.301 e. The first-order valence-electron chi connectivity index (χ1n) is 5.18. The van der Waals surface area contributed by atoms with Gasteiger partial charge in [0.25, 0.3) is 5.69 Å². The number of para-hydroxylation sites is 1. The van der Waals surface area contributed by atoms with Crippen molar-refractivity contribution < 1.29 is 4.92 Å². The van der Waals surface area contributed by atoms with Gasteiger partial charge in [-0.1, -0.05) is 29.8 Å². The maximum Gasteiger partial charge on any atom is 0.271 e. The van der Waals surface area contributed by atoms with Crippen molar-refractivity contribution >= 4 is 28.7 Å². The molecule has 0 heterocycles. The van der Waals surface area contributed by atoms with E-state index in [1.807, 2.05) is 30.3 Å². The molecule has 5 nitrogen and oxygen atoms in total. The molecule has 0 unspecified atom stereocenters. The molecule has 0 atom stereocenters. The third kappa shape index (κ3) is 2.89. The number of hydrazine groups is 1. The van der Waals surface area contributed by atoms with Crippen molar-refractivity contribution in [2.75, 3.05) is 10.9 Å². The van der Waals surface area contributed by atoms with Crippen LogP contribution in [0.3, 0.4) is 0 Å². The highest BCUT2D eigenvalue weighted by molar-refractivity contribution is 6.33. The Labute approximate surface area is 109 Å². The van der Waals surface area contributed by atoms with Crippen molar-refractivity contribution in [3.8, 4) is 0 Å². The summed E-state index contributed by atoms with van der Waals surface area (Å²) in [5, 5.41) is 10.8. The van der Waals surface area contributed by atoms with Crippen molar-refractivity contribution in [3.05, 3.63) is 63.7 Å². The van der Waals surface area contributed by atoms with Crippen molar-refractivity contribution in [2.45, 2.75) is 0 Å². The van der Waals surface area contributed by atoms with E-state index in [-0.39, 0.29) is 10.7 Å². The summed E-state index contributed by atoms with van der Waals surface area (Å²) >= 11 is 5.93. The van der Waals surface area contributed by atoms with E-state index in [2.05, 4.69) is 10.9 Å². The molecular weight excluding hydrogens is 254 g/mol. The number of halogens is 1. The van der Waals surface area contributed by atoms with Gasteiger partial charge in [-0.05, 0) is 18.2 Å². The van der Waals surface area contributed by atoms with Crippen LogP contribution >= 0.6 is 11.6 Å². The lowest BCUT2D eigenvalue weighted by Crippen LogP contribution is -2.08. The van der Waals surface area contributed by atoms with Gasteiger partial charge in [-0.15, -0.1) is 0 Å². The molecule has 0 amide bonds. The van der Waals surface area contributed by atoms with Crippen molar-refractivity contribution in [3.63, 3.8) is 0 Å². The third-order valence-electron chi connectivity index (χ3n) is 2.28. The van der Waals surface area contributed by atoms with Crippen molar-refractivity contribution in [1.29, 1.82) is 0 Å². The average Bonchev–Trinajstić information content (AvgIpc) is 2.38. The smallest absolute Gasteiger partial charge is 0.271 e. The molecule has 92 valence electrons. The number of rotatable bonds is 4. The summed E-state index contributed by atoms with van der Waals surface area (Å²) in [6, 6.07) is 13.7. The number of nitrogens with zero attached hydrogens (tertiary/aromatic N) is 1. The summed E-state index contributed by atoms with van der Waals surface area (Å²) in [5.74, 6) is 0. The molecule has 0 aliphatic rings. The van der Waals surface area contributed by atoms with Gasteiger partial charge in [0.05, 0.1) is 21.3 Å². The Kier molecular flexibility index (Phi) is 3.64. The van der Waals surface area contributed by atoms with Crippen LogP contribution in [0.2, 0.25) is 5.02 Å². The SMILES string of the molecule is O=[N+]([O-])c1ccc(NNc2ccccc2)c(Cl)c1. The topological polar surface area (TPSA) is 67.2 Å². The van der Waals surface area contributed by atoms with E-state index >= 15 is 0 Å². The van der Waals surface area contributed by atoms with Gasteiger partial charge in [0, 0.05) is 12.1 Å². The van der Waals surface area contributed by atoms with Crippen LogP contribution in [0.5, 0.6) is 0 Å². The molecule has 2 aromatic rings. The Morgan fingerprint density at radius 2 is 1.78 bits per heavy atom. The Bertz CT molecular complexity index is 561. The molecule has 0 radical (unpaired) electrons. The van der Waals surface area contributed by atoms with Crippen LogP contribution in [0, 0.1) is 10.1 Å². The van der Waals surface area contributed by atoms with Crippen LogP contribution < -0.4 is 10.9 Å². The summed E-state index contributed by atoms with van der Waals surface area (Å²) < 4.78 is 0. The Morgan fingerprint density at radius 1 is 1.06 bits per heavy atom. The van der Waals surface area contributed by atoms with Gasteiger partial charge in [0.2, 0.25) is 0 Å². The standard InChI is InChI=1S/C12H10ClN3O2/c13-11-8-10(16(17)18)6-7-12(11)15-14-9-4-2-1-3-5-9/h1-8,14-15H. The number of anilines is 2. The Balaban J connectivity index is 2.08. The molecule has 0 spiro atoms. The second kappa shape index (κ2) is 5.37. The van der Waals surface area contributed by atoms with Gasteiger partial charge >= 0.3 is 0 Å². The first-order chi connectivity index (χ1) is 8.66. The molecule has 18 heavy (non-hydrogen) atoms. The van der Waals surface area contributed by atoms with Gasteiger partial charge in [-0.3, -0.25) is 15.5 Å². The molecule has 0 bridgehead atoms. The molecule has 0 aromatic heterocycles. The van der Waals surface area contributed by atoms with E-state index in [1.54, 1.807) is 6.07 Å². The van der Waals surface area contributed by atoms with E-state index in [0.29, 0.717) is 5.69 Å². The molecule has 2 aromatic carbocycles. The summed E-state index contributed by atoms with van der Waals surface area (Å²) in [6.45, 7) is 0. The highest BCUT2D eigenvalue weighted by Crippen LogP contribution is 2.26. The summed E-state index contributed by atoms with van der Waals surface area (Å²) in [5.41, 5.74) is 7.24. The predicted molar refractivity (Wildman–Crippen MR) is 71.8 cm³/mol. The zero-order valence-electron chi connectivity index (χ0n) is 9.26. The molecule has 0 saturated heterocycles. The van der Waals surface area contributed by atoms with Gasteiger partial charge in [0.1, 0.15) is 0 Å². The lowest BCUT2D eigenvalue weighted by atomic mass is 10.3. The highest BCUT2D eigenvalue weighted by atomic mass is 35.5. The normalized spacial score (nSPS) is 9.83. The van der Waals surface area contributed by atoms with Crippen LogP contribution in [0.1, 0.15) is 0 Å². The number of nitrogens with one attached hydrogen (secondary N) is 2. The molecule has 0 aliphatic carbocycles. The van der Waals surface area contributed by atoms with E-state index in [9.17, 15) is 10.1 Å². The molecule has 0 fully saturated rings. The zero-order chi connectivity index (χ0) is 13.0. The molecular formula is C12H10ClN3O2. The fourth-order valence-electron chi connectivity index (χ4n) is 1.38. The first-order valence-corrected chi connectivity index (χ1v) is 5.55. The maximum atomic E-state index is 10.6. The lowest BCUT2D eigenvalue weighted by molar-refractivity contribution is -0.384. The largest absolute Gasteiger partial charge is 0.301 e. The Morgan fingerprint density at radius 3 is 2.39 bits per heavy atom. The quantitative estimate of drug-likeness (QED) is 0.652. The molecule has 2 rings (SSSR count). The van der Waals surface area contributed by atoms with Crippen LogP contribution in [0.25, 0.3) is 0 Å². The number of non-ortho nitro benzene ring substituents is 1. The fourth-order valence-corrected chi connectivity index (χ4v) is 1.60. The van der Waals surface area contributed by atoms with Crippen LogP contribution in [-0.2, 0) is 0 Å². The highest BCUT2D eigenvalue weighted by Gasteiger charge is 2.08. The predicted octanol–water partition coefficient (Wildman–Crippen LogP) is 3.69. The van der Waals surface area contributed by atoms with Crippen LogP contribution in [-0.4, -0.2) is 4.92 Å². The van der Waals surface area contributed by atoms with Gasteiger partial charge in [0.15, 0.2) is 0 Å². The lowest BCUT2D eigenvalue weighted by Gasteiger charge is -2.10. The monoisotopic (exact) mass is 263 g/mol. The maximum absolute atomic E-state index is 10.6. The molecule has 2 N–H and O–H groups in total. The second-order valence-electron chi connectivity index (χ2n) is 3.54. The van der Waals surface area contributed by atoms with Crippen LogP contribution in [0.4, 0.5) is 17.1 Å². The van der Waals surface area contributed by atoms with Crippen molar-refractivity contribution in [2.24, 2.45) is 0 Å². The van der Waals surface area contributed by atoms with Crippen LogP contribution in [0.15, 0.2) is 48.5 Å². The average molecular weight is 264 g/mol. The number of nitro groups is 1. The number of hydrogen-bond donors (Lipinski definition) is 2. The van der Waals surface area contributed by atoms with Crippen molar-refractivity contribution in [1.82, 2.24) is 0 Å². The summed E-state index contributed by atoms with van der Waals surface area (Å²) in [4.78, 5) is 10.1. The fraction of sp³-hybridized carbons (Fsp3) is 0. The van der Waals surface area contributed by atoms with E-state index in [1.165, 1.54) is 12.1 Å². The van der Waals surface area contributed by atoms with E-state index in [4.69, 9.17) is 11.6 Å². The third-order valence-corrected chi connectivity index (χ3v) is 2.59. The van der Waals surface area contributed by atoms with Gasteiger partial charge < -0.3 is 5.43 Å². The molecule has 0 aliphatic heterocycles. The number of benzene rings is 2. The summed E-state index contributed by atoms with van der Waals surface area (Å²) in [7, 11) is 0.